The van der Waals surface area contributed by atoms with Crippen LogP contribution < -0.4 is 5.43 Å². The first kappa shape index (κ1) is 15.1. The Morgan fingerprint density at radius 1 is 1.19 bits per heavy atom. The average Bonchev–Trinajstić information content (AvgIpc) is 2.77. The fraction of sp³-hybridized carbons (Fsp3) is 0.214. The number of nitro groups is 1. The number of carbonyl (C=O) groups is 1. The summed E-state index contributed by atoms with van der Waals surface area (Å²) in [4.78, 5) is 22.8. The van der Waals surface area contributed by atoms with Crippen molar-refractivity contribution in [2.24, 2.45) is 0 Å². The van der Waals surface area contributed by atoms with Crippen LogP contribution >= 0.6 is 11.8 Å². The fourth-order valence-corrected chi connectivity index (χ4v) is 2.51. The number of rotatable bonds is 5. The first-order valence-corrected chi connectivity index (χ1v) is 7.28. The van der Waals surface area contributed by atoms with Crippen LogP contribution in [0, 0.1) is 24.0 Å². The Kier molecular flexibility index (Phi) is 4.64. The van der Waals surface area contributed by atoms with Crippen LogP contribution in [0.1, 0.15) is 11.4 Å². The molecule has 21 heavy (non-hydrogen) atoms. The van der Waals surface area contributed by atoms with Gasteiger partial charge < -0.3 is 0 Å². The molecule has 7 heteroatoms. The minimum Gasteiger partial charge on any atom is -0.272 e. The molecule has 0 aliphatic rings. The summed E-state index contributed by atoms with van der Waals surface area (Å²) in [5.74, 6) is 0.121. The Morgan fingerprint density at radius 2 is 1.76 bits per heavy atom. The molecule has 1 amide bonds. The number of nitro benzene ring substituents is 1. The molecular weight excluding hydrogens is 290 g/mol. The number of benzene rings is 1. The summed E-state index contributed by atoms with van der Waals surface area (Å²) >= 11 is 1.33. The molecule has 0 bridgehead atoms. The lowest BCUT2D eigenvalue weighted by Gasteiger charge is -2.10. The maximum Gasteiger partial charge on any atom is 0.269 e. The van der Waals surface area contributed by atoms with Crippen LogP contribution in [-0.2, 0) is 4.79 Å². The van der Waals surface area contributed by atoms with Gasteiger partial charge in [-0.1, -0.05) is 0 Å². The molecule has 6 nitrogen and oxygen atoms in total. The Balaban J connectivity index is 1.91. The van der Waals surface area contributed by atoms with E-state index in [4.69, 9.17) is 0 Å². The normalized spacial score (nSPS) is 10.4. The molecule has 2 rings (SSSR count). The van der Waals surface area contributed by atoms with Crippen molar-refractivity contribution in [3.63, 3.8) is 0 Å². The highest BCUT2D eigenvalue weighted by molar-refractivity contribution is 8.00. The van der Waals surface area contributed by atoms with E-state index in [1.165, 1.54) is 23.9 Å². The van der Waals surface area contributed by atoms with E-state index in [1.54, 1.807) is 16.8 Å². The Hall–Kier alpha value is -2.28. The molecule has 0 fully saturated rings. The topological polar surface area (TPSA) is 77.2 Å². The minimum atomic E-state index is -0.446. The van der Waals surface area contributed by atoms with Crippen molar-refractivity contribution >= 4 is 23.4 Å². The van der Waals surface area contributed by atoms with Crippen molar-refractivity contribution in [2.45, 2.75) is 18.7 Å². The van der Waals surface area contributed by atoms with Gasteiger partial charge in [0.05, 0.1) is 10.7 Å². The number of carbonyl (C=O) groups excluding carboxylic acids is 1. The third-order valence-electron chi connectivity index (χ3n) is 2.93. The van der Waals surface area contributed by atoms with Gasteiger partial charge in [-0.15, -0.1) is 11.8 Å². The molecule has 0 atom stereocenters. The number of hydrogen-bond donors (Lipinski definition) is 1. The highest BCUT2D eigenvalue weighted by atomic mass is 32.2. The highest BCUT2D eigenvalue weighted by Crippen LogP contribution is 2.21. The molecule has 0 saturated carbocycles. The maximum atomic E-state index is 11.9. The van der Waals surface area contributed by atoms with E-state index in [0.717, 1.165) is 16.3 Å². The smallest absolute Gasteiger partial charge is 0.269 e. The first-order valence-electron chi connectivity index (χ1n) is 6.29. The molecule has 1 N–H and O–H groups in total. The van der Waals surface area contributed by atoms with Crippen molar-refractivity contribution in [3.8, 4) is 0 Å². The molecule has 1 heterocycles. The van der Waals surface area contributed by atoms with Crippen LogP contribution in [0.4, 0.5) is 5.69 Å². The third kappa shape index (κ3) is 3.85. The summed E-state index contributed by atoms with van der Waals surface area (Å²) in [6, 6.07) is 10.0. The number of aromatic nitrogens is 1. The van der Waals surface area contributed by atoms with Crippen molar-refractivity contribution in [3.05, 3.63) is 57.9 Å². The van der Waals surface area contributed by atoms with Crippen LogP contribution in [0.25, 0.3) is 0 Å². The van der Waals surface area contributed by atoms with Crippen LogP contribution in [0.2, 0.25) is 0 Å². The van der Waals surface area contributed by atoms with Crippen molar-refractivity contribution in [1.29, 1.82) is 0 Å². The molecule has 1 aromatic heterocycles. The maximum absolute atomic E-state index is 11.9. The molecule has 0 aliphatic heterocycles. The van der Waals surface area contributed by atoms with E-state index in [0.29, 0.717) is 0 Å². The summed E-state index contributed by atoms with van der Waals surface area (Å²) in [5, 5.41) is 10.6. The Bertz CT molecular complexity index is 645. The van der Waals surface area contributed by atoms with Crippen molar-refractivity contribution in [1.82, 2.24) is 4.68 Å². The van der Waals surface area contributed by atoms with E-state index in [-0.39, 0.29) is 17.3 Å². The SMILES string of the molecule is Cc1ccc(C)n1NC(=O)CSc1ccc([N+](=O)[O-])cc1. The largest absolute Gasteiger partial charge is 0.272 e. The number of hydrogen-bond acceptors (Lipinski definition) is 4. The standard InChI is InChI=1S/C14H15N3O3S/c1-10-3-4-11(2)16(10)15-14(18)9-21-13-7-5-12(6-8-13)17(19)20/h3-8H,9H2,1-2H3,(H,15,18). The second-order valence-corrected chi connectivity index (χ2v) is 5.57. The summed E-state index contributed by atoms with van der Waals surface area (Å²) in [6.07, 6.45) is 0. The van der Waals surface area contributed by atoms with Gasteiger partial charge in [0, 0.05) is 28.4 Å². The summed E-state index contributed by atoms with van der Waals surface area (Å²) < 4.78 is 1.73. The number of nitrogens with one attached hydrogen (secondary N) is 1. The van der Waals surface area contributed by atoms with Gasteiger partial charge in [0.25, 0.3) is 5.69 Å². The number of amides is 1. The lowest BCUT2D eigenvalue weighted by atomic mass is 10.3. The summed E-state index contributed by atoms with van der Waals surface area (Å²) in [6.45, 7) is 3.83. The second kappa shape index (κ2) is 6.45. The molecule has 1 aromatic carbocycles. The lowest BCUT2D eigenvalue weighted by molar-refractivity contribution is -0.384. The van der Waals surface area contributed by atoms with Gasteiger partial charge in [0.15, 0.2) is 0 Å². The minimum absolute atomic E-state index is 0.0439. The second-order valence-electron chi connectivity index (χ2n) is 4.53. The monoisotopic (exact) mass is 305 g/mol. The van der Waals surface area contributed by atoms with Gasteiger partial charge in [0.1, 0.15) is 0 Å². The van der Waals surface area contributed by atoms with Gasteiger partial charge in [-0.3, -0.25) is 25.0 Å². The molecule has 0 radical (unpaired) electrons. The van der Waals surface area contributed by atoms with Crippen molar-refractivity contribution < 1.29 is 9.72 Å². The van der Waals surface area contributed by atoms with Crippen LogP contribution in [-0.4, -0.2) is 21.3 Å². The molecule has 2 aromatic rings. The highest BCUT2D eigenvalue weighted by Gasteiger charge is 2.08. The lowest BCUT2D eigenvalue weighted by Crippen LogP contribution is -2.26. The van der Waals surface area contributed by atoms with E-state index < -0.39 is 4.92 Å². The van der Waals surface area contributed by atoms with Crippen LogP contribution in [0.15, 0.2) is 41.3 Å². The van der Waals surface area contributed by atoms with Gasteiger partial charge >= 0.3 is 0 Å². The van der Waals surface area contributed by atoms with Crippen LogP contribution in [0.3, 0.4) is 0 Å². The Morgan fingerprint density at radius 3 is 2.29 bits per heavy atom. The van der Waals surface area contributed by atoms with Gasteiger partial charge in [-0.05, 0) is 38.1 Å². The zero-order valence-corrected chi connectivity index (χ0v) is 12.5. The first-order chi connectivity index (χ1) is 9.97. The Labute approximate surface area is 126 Å². The van der Waals surface area contributed by atoms with E-state index >= 15 is 0 Å². The summed E-state index contributed by atoms with van der Waals surface area (Å²) in [7, 11) is 0. The molecule has 0 saturated heterocycles. The molecular formula is C14H15N3O3S. The zero-order valence-electron chi connectivity index (χ0n) is 11.7. The number of aryl methyl sites for hydroxylation is 2. The van der Waals surface area contributed by atoms with E-state index in [9.17, 15) is 14.9 Å². The average molecular weight is 305 g/mol. The van der Waals surface area contributed by atoms with Gasteiger partial charge in [0.2, 0.25) is 5.91 Å². The molecule has 0 aliphatic carbocycles. The molecule has 0 unspecified atom stereocenters. The predicted octanol–water partition coefficient (Wildman–Crippen LogP) is 2.88. The number of nitrogens with zero attached hydrogens (tertiary/aromatic N) is 2. The van der Waals surface area contributed by atoms with Crippen LogP contribution in [0.5, 0.6) is 0 Å². The van der Waals surface area contributed by atoms with E-state index in [1.807, 2.05) is 26.0 Å². The zero-order chi connectivity index (χ0) is 15.4. The van der Waals surface area contributed by atoms with Gasteiger partial charge in [-0.25, -0.2) is 0 Å². The fourth-order valence-electron chi connectivity index (χ4n) is 1.81. The molecule has 110 valence electrons. The summed E-state index contributed by atoms with van der Waals surface area (Å²) in [5.41, 5.74) is 4.77. The number of thioether (sulfide) groups is 1. The van der Waals surface area contributed by atoms with Crippen molar-refractivity contribution in [2.75, 3.05) is 11.2 Å². The molecule has 0 spiro atoms. The third-order valence-corrected chi connectivity index (χ3v) is 3.94. The van der Waals surface area contributed by atoms with Gasteiger partial charge in [-0.2, -0.15) is 0 Å². The van der Waals surface area contributed by atoms with E-state index in [2.05, 4.69) is 5.43 Å². The predicted molar refractivity (Wildman–Crippen MR) is 82.1 cm³/mol. The quantitative estimate of drug-likeness (QED) is 0.523. The number of non-ortho nitro benzene ring substituents is 1.